The SMILES string of the molecule is O=C1CCCC(=O)N1c1cnc(F)c(F)c1. The number of imide groups is 1. The fourth-order valence-corrected chi connectivity index (χ4v) is 1.57. The van der Waals surface area contributed by atoms with Crippen molar-refractivity contribution in [2.24, 2.45) is 0 Å². The van der Waals surface area contributed by atoms with Crippen LogP contribution in [0.25, 0.3) is 0 Å². The van der Waals surface area contributed by atoms with Gasteiger partial charge in [-0.2, -0.15) is 4.39 Å². The van der Waals surface area contributed by atoms with Crippen LogP contribution in [0.1, 0.15) is 19.3 Å². The lowest BCUT2D eigenvalue weighted by Crippen LogP contribution is -2.40. The lowest BCUT2D eigenvalue weighted by molar-refractivity contribution is -0.129. The van der Waals surface area contributed by atoms with E-state index in [4.69, 9.17) is 0 Å². The third-order valence-electron chi connectivity index (χ3n) is 2.32. The van der Waals surface area contributed by atoms with Gasteiger partial charge in [-0.05, 0) is 6.42 Å². The molecule has 2 heterocycles. The number of aromatic nitrogens is 1. The summed E-state index contributed by atoms with van der Waals surface area (Å²) in [6.45, 7) is 0. The van der Waals surface area contributed by atoms with Gasteiger partial charge in [0.1, 0.15) is 0 Å². The molecule has 0 spiro atoms. The summed E-state index contributed by atoms with van der Waals surface area (Å²) in [6.07, 6.45) is 1.92. The summed E-state index contributed by atoms with van der Waals surface area (Å²) in [4.78, 5) is 26.9. The van der Waals surface area contributed by atoms with Crippen LogP contribution in [-0.4, -0.2) is 16.8 Å². The second kappa shape index (κ2) is 3.96. The number of hydrogen-bond donors (Lipinski definition) is 0. The third kappa shape index (κ3) is 1.78. The Hall–Kier alpha value is -1.85. The van der Waals surface area contributed by atoms with Crippen LogP contribution in [0.2, 0.25) is 0 Å². The molecular formula is C10H8F2N2O2. The highest BCUT2D eigenvalue weighted by atomic mass is 19.2. The molecule has 1 saturated heterocycles. The summed E-state index contributed by atoms with van der Waals surface area (Å²) in [7, 11) is 0. The van der Waals surface area contributed by atoms with Gasteiger partial charge in [0.05, 0.1) is 11.9 Å². The number of rotatable bonds is 1. The number of halogens is 2. The fraction of sp³-hybridized carbons (Fsp3) is 0.300. The Morgan fingerprint density at radius 3 is 2.38 bits per heavy atom. The average Bonchev–Trinajstić information content (AvgIpc) is 2.23. The Morgan fingerprint density at radius 1 is 1.19 bits per heavy atom. The van der Waals surface area contributed by atoms with Gasteiger partial charge < -0.3 is 0 Å². The van der Waals surface area contributed by atoms with Crippen LogP contribution in [0.3, 0.4) is 0 Å². The first-order valence-corrected chi connectivity index (χ1v) is 4.76. The summed E-state index contributed by atoms with van der Waals surface area (Å²) in [6, 6.07) is 0.795. The van der Waals surface area contributed by atoms with Crippen molar-refractivity contribution in [3.8, 4) is 0 Å². The van der Waals surface area contributed by atoms with Gasteiger partial charge in [0, 0.05) is 18.9 Å². The van der Waals surface area contributed by atoms with E-state index in [0.29, 0.717) is 6.42 Å². The summed E-state index contributed by atoms with van der Waals surface area (Å²) in [5, 5.41) is 0. The maximum Gasteiger partial charge on any atom is 0.249 e. The van der Waals surface area contributed by atoms with Crippen molar-refractivity contribution in [2.75, 3.05) is 4.90 Å². The minimum atomic E-state index is -1.25. The molecule has 4 nitrogen and oxygen atoms in total. The Kier molecular flexibility index (Phi) is 2.64. The summed E-state index contributed by atoms with van der Waals surface area (Å²) in [5.41, 5.74) is -0.0198. The third-order valence-corrected chi connectivity index (χ3v) is 2.32. The number of piperidine rings is 1. The van der Waals surface area contributed by atoms with Crippen molar-refractivity contribution in [1.82, 2.24) is 4.98 Å². The maximum absolute atomic E-state index is 12.9. The topological polar surface area (TPSA) is 50.3 Å². The molecule has 1 aliphatic heterocycles. The number of nitrogens with zero attached hydrogens (tertiary/aromatic N) is 2. The highest BCUT2D eigenvalue weighted by Crippen LogP contribution is 2.22. The largest absolute Gasteiger partial charge is 0.274 e. The lowest BCUT2D eigenvalue weighted by atomic mass is 10.1. The quantitative estimate of drug-likeness (QED) is 0.537. The number of pyridine rings is 1. The predicted octanol–water partition coefficient (Wildman–Crippen LogP) is 1.40. The summed E-state index contributed by atoms with van der Waals surface area (Å²) in [5.74, 6) is -3.25. The van der Waals surface area contributed by atoms with E-state index in [9.17, 15) is 18.4 Å². The Morgan fingerprint density at radius 2 is 1.81 bits per heavy atom. The molecule has 6 heteroatoms. The number of hydrogen-bond acceptors (Lipinski definition) is 3. The monoisotopic (exact) mass is 226 g/mol. The molecule has 0 aliphatic carbocycles. The first-order valence-electron chi connectivity index (χ1n) is 4.76. The second-order valence-electron chi connectivity index (χ2n) is 3.44. The van der Waals surface area contributed by atoms with Gasteiger partial charge >= 0.3 is 0 Å². The zero-order valence-corrected chi connectivity index (χ0v) is 8.24. The molecule has 0 aromatic carbocycles. The van der Waals surface area contributed by atoms with Crippen LogP contribution in [0.15, 0.2) is 12.3 Å². The van der Waals surface area contributed by atoms with Crippen molar-refractivity contribution < 1.29 is 18.4 Å². The van der Waals surface area contributed by atoms with Gasteiger partial charge in [-0.1, -0.05) is 0 Å². The molecule has 84 valence electrons. The van der Waals surface area contributed by atoms with Gasteiger partial charge in [-0.15, -0.1) is 0 Å². The van der Waals surface area contributed by atoms with E-state index in [0.717, 1.165) is 17.2 Å². The van der Waals surface area contributed by atoms with Gasteiger partial charge in [-0.3, -0.25) is 9.59 Å². The Balaban J connectivity index is 2.38. The normalized spacial score (nSPS) is 16.8. The predicted molar refractivity (Wildman–Crippen MR) is 50.5 cm³/mol. The molecule has 0 unspecified atom stereocenters. The molecule has 1 aromatic rings. The smallest absolute Gasteiger partial charge is 0.249 e. The second-order valence-corrected chi connectivity index (χ2v) is 3.44. The van der Waals surface area contributed by atoms with Gasteiger partial charge in [0.25, 0.3) is 0 Å². The van der Waals surface area contributed by atoms with Crippen molar-refractivity contribution >= 4 is 17.5 Å². The van der Waals surface area contributed by atoms with Gasteiger partial charge in [0.15, 0.2) is 5.82 Å². The number of anilines is 1. The van der Waals surface area contributed by atoms with E-state index in [1.165, 1.54) is 0 Å². The van der Waals surface area contributed by atoms with Crippen LogP contribution in [0.4, 0.5) is 14.5 Å². The minimum Gasteiger partial charge on any atom is -0.274 e. The highest BCUT2D eigenvalue weighted by Gasteiger charge is 2.28. The Bertz CT molecular complexity index is 446. The van der Waals surface area contributed by atoms with Crippen LogP contribution in [-0.2, 0) is 9.59 Å². The standard InChI is InChI=1S/C10H8F2N2O2/c11-7-4-6(5-13-10(7)12)14-8(15)2-1-3-9(14)16/h4-5H,1-3H2. The molecular weight excluding hydrogens is 218 g/mol. The van der Waals surface area contributed by atoms with Gasteiger partial charge in [-0.25, -0.2) is 14.3 Å². The molecule has 16 heavy (non-hydrogen) atoms. The number of carbonyl (C=O) groups is 2. The first-order chi connectivity index (χ1) is 7.59. The van der Waals surface area contributed by atoms with Crippen LogP contribution in [0.5, 0.6) is 0 Å². The van der Waals surface area contributed by atoms with Crippen molar-refractivity contribution in [3.63, 3.8) is 0 Å². The van der Waals surface area contributed by atoms with Crippen molar-refractivity contribution in [2.45, 2.75) is 19.3 Å². The van der Waals surface area contributed by atoms with E-state index in [1.54, 1.807) is 0 Å². The number of amides is 2. The molecule has 2 amide bonds. The fourth-order valence-electron chi connectivity index (χ4n) is 1.57. The molecule has 1 aromatic heterocycles. The molecule has 0 bridgehead atoms. The summed E-state index contributed by atoms with van der Waals surface area (Å²) < 4.78 is 25.5. The first kappa shape index (κ1) is 10.7. The molecule has 1 aliphatic rings. The van der Waals surface area contributed by atoms with Gasteiger partial charge in [0.2, 0.25) is 17.8 Å². The molecule has 0 atom stereocenters. The van der Waals surface area contributed by atoms with Crippen molar-refractivity contribution in [1.29, 1.82) is 0 Å². The van der Waals surface area contributed by atoms with Crippen LogP contribution < -0.4 is 4.90 Å². The molecule has 1 fully saturated rings. The van der Waals surface area contributed by atoms with Crippen LogP contribution >= 0.6 is 0 Å². The van der Waals surface area contributed by atoms with E-state index < -0.39 is 23.6 Å². The van der Waals surface area contributed by atoms with Crippen LogP contribution in [0, 0.1) is 11.8 Å². The summed E-state index contributed by atoms with van der Waals surface area (Å²) >= 11 is 0. The zero-order chi connectivity index (χ0) is 11.7. The van der Waals surface area contributed by atoms with E-state index in [-0.39, 0.29) is 18.5 Å². The maximum atomic E-state index is 12.9. The zero-order valence-electron chi connectivity index (χ0n) is 8.24. The van der Waals surface area contributed by atoms with E-state index >= 15 is 0 Å². The lowest BCUT2D eigenvalue weighted by Gasteiger charge is -2.24. The number of carbonyl (C=O) groups excluding carboxylic acids is 2. The molecule has 0 radical (unpaired) electrons. The molecule has 0 N–H and O–H groups in total. The Labute approximate surface area is 89.9 Å². The molecule has 0 saturated carbocycles. The molecule has 2 rings (SSSR count). The van der Waals surface area contributed by atoms with E-state index in [1.807, 2.05) is 0 Å². The average molecular weight is 226 g/mol. The van der Waals surface area contributed by atoms with Crippen molar-refractivity contribution in [3.05, 3.63) is 24.0 Å². The minimum absolute atomic E-state index is 0.0198. The van der Waals surface area contributed by atoms with E-state index in [2.05, 4.69) is 4.98 Å². The highest BCUT2D eigenvalue weighted by molar-refractivity contribution is 6.16.